The molecule has 0 saturated carbocycles. The summed E-state index contributed by atoms with van der Waals surface area (Å²) in [6.45, 7) is 5.32. The number of nitrogens with one attached hydrogen (secondary N) is 1. The van der Waals surface area contributed by atoms with Crippen LogP contribution in [0.15, 0.2) is 24.3 Å². The number of hydrogen-bond donors (Lipinski definition) is 1. The van der Waals surface area contributed by atoms with Gasteiger partial charge in [0, 0.05) is 40.0 Å². The van der Waals surface area contributed by atoms with Gasteiger partial charge < -0.3 is 19.7 Å². The van der Waals surface area contributed by atoms with Gasteiger partial charge in [-0.05, 0) is 18.6 Å². The summed E-state index contributed by atoms with van der Waals surface area (Å²) in [7, 11) is 1.72. The van der Waals surface area contributed by atoms with Crippen LogP contribution in [0.3, 0.4) is 0 Å². The molecule has 1 aromatic carbocycles. The first kappa shape index (κ1) is 13.2. The number of nitrogens with zero attached hydrogens (tertiary/aromatic N) is 1. The number of hydrogen-bond acceptors (Lipinski definition) is 4. The van der Waals surface area contributed by atoms with E-state index in [0.29, 0.717) is 0 Å². The van der Waals surface area contributed by atoms with Crippen LogP contribution in [-0.4, -0.2) is 46.6 Å². The zero-order valence-corrected chi connectivity index (χ0v) is 11.0. The Morgan fingerprint density at radius 3 is 3.00 bits per heavy atom. The minimum Gasteiger partial charge on any atom is -0.385 e. The Labute approximate surface area is 109 Å². The van der Waals surface area contributed by atoms with Crippen LogP contribution in [0, 0.1) is 0 Å². The van der Waals surface area contributed by atoms with Gasteiger partial charge in [-0.15, -0.1) is 0 Å². The van der Waals surface area contributed by atoms with Gasteiger partial charge in [-0.3, -0.25) is 0 Å². The third kappa shape index (κ3) is 3.62. The van der Waals surface area contributed by atoms with E-state index in [1.54, 1.807) is 7.11 Å². The summed E-state index contributed by atoms with van der Waals surface area (Å²) in [6, 6.07) is 8.43. The molecule has 2 rings (SSSR count). The number of methoxy groups -OCH3 is 1. The van der Waals surface area contributed by atoms with Crippen LogP contribution < -0.4 is 10.2 Å². The number of ether oxygens (including phenoxy) is 2. The van der Waals surface area contributed by atoms with Crippen molar-refractivity contribution in [1.82, 2.24) is 0 Å². The Bertz CT molecular complexity index is 357. The maximum absolute atomic E-state index is 5.61. The number of benzene rings is 1. The molecule has 0 spiro atoms. The lowest BCUT2D eigenvalue weighted by Gasteiger charge is -2.31. The summed E-state index contributed by atoms with van der Waals surface area (Å²) >= 11 is 0. The molecule has 4 nitrogen and oxygen atoms in total. The first-order chi connectivity index (χ1) is 8.92. The Hall–Kier alpha value is -1.26. The summed E-state index contributed by atoms with van der Waals surface area (Å²) < 4.78 is 10.6. The molecular weight excluding hydrogens is 228 g/mol. The maximum Gasteiger partial charge on any atom is 0.0641 e. The van der Waals surface area contributed by atoms with Crippen LogP contribution in [0.4, 0.5) is 11.4 Å². The van der Waals surface area contributed by atoms with Gasteiger partial charge in [0.05, 0.1) is 18.0 Å². The van der Waals surface area contributed by atoms with E-state index in [2.05, 4.69) is 34.5 Å². The molecule has 0 unspecified atom stereocenters. The molecule has 0 atom stereocenters. The predicted octanol–water partition coefficient (Wildman–Crippen LogP) is 1.97. The third-order valence-corrected chi connectivity index (χ3v) is 3.08. The second-order valence-corrected chi connectivity index (χ2v) is 4.39. The summed E-state index contributed by atoms with van der Waals surface area (Å²) in [5.74, 6) is 0. The van der Waals surface area contributed by atoms with Crippen LogP contribution in [0.2, 0.25) is 0 Å². The van der Waals surface area contributed by atoms with Crippen molar-refractivity contribution in [3.8, 4) is 0 Å². The van der Waals surface area contributed by atoms with E-state index in [4.69, 9.17) is 9.47 Å². The first-order valence-corrected chi connectivity index (χ1v) is 6.56. The molecule has 4 heteroatoms. The number of fused-ring (bicyclic) bond motifs is 1. The lowest BCUT2D eigenvalue weighted by molar-refractivity contribution is 0.107. The third-order valence-electron chi connectivity index (χ3n) is 3.08. The minimum atomic E-state index is 0.774. The van der Waals surface area contributed by atoms with E-state index in [1.165, 1.54) is 11.4 Å². The lowest BCUT2D eigenvalue weighted by atomic mass is 10.2. The second kappa shape index (κ2) is 7.24. The Kier molecular flexibility index (Phi) is 5.30. The molecule has 0 amide bonds. The zero-order chi connectivity index (χ0) is 12.6. The van der Waals surface area contributed by atoms with E-state index in [9.17, 15) is 0 Å². The average molecular weight is 250 g/mol. The summed E-state index contributed by atoms with van der Waals surface area (Å²) in [5.41, 5.74) is 2.51. The van der Waals surface area contributed by atoms with Gasteiger partial charge in [0.15, 0.2) is 0 Å². The van der Waals surface area contributed by atoms with Crippen molar-refractivity contribution >= 4 is 11.4 Å². The summed E-state index contributed by atoms with van der Waals surface area (Å²) in [5, 5.41) is 3.41. The van der Waals surface area contributed by atoms with Crippen LogP contribution >= 0.6 is 0 Å². The van der Waals surface area contributed by atoms with Gasteiger partial charge in [0.1, 0.15) is 0 Å². The molecule has 0 aliphatic carbocycles. The van der Waals surface area contributed by atoms with Crippen molar-refractivity contribution in [3.05, 3.63) is 24.3 Å². The highest BCUT2D eigenvalue weighted by Gasteiger charge is 2.14. The molecule has 1 heterocycles. The van der Waals surface area contributed by atoms with E-state index in [-0.39, 0.29) is 0 Å². The number of rotatable bonds is 7. The highest BCUT2D eigenvalue weighted by Crippen LogP contribution is 2.27. The minimum absolute atomic E-state index is 0.774. The van der Waals surface area contributed by atoms with E-state index >= 15 is 0 Å². The van der Waals surface area contributed by atoms with Gasteiger partial charge in [0.25, 0.3) is 0 Å². The molecule has 0 saturated heterocycles. The van der Waals surface area contributed by atoms with Gasteiger partial charge >= 0.3 is 0 Å². The molecule has 100 valence electrons. The second-order valence-electron chi connectivity index (χ2n) is 4.39. The van der Waals surface area contributed by atoms with Crippen LogP contribution in [-0.2, 0) is 9.47 Å². The van der Waals surface area contributed by atoms with E-state index in [1.807, 2.05) is 0 Å². The summed E-state index contributed by atoms with van der Waals surface area (Å²) in [6.07, 6.45) is 0.967. The first-order valence-electron chi connectivity index (χ1n) is 6.56. The standard InChI is InChI=1S/C14H22N2O2/c1-17-10-4-11-18-12-9-16-8-7-15-13-5-2-3-6-14(13)16/h2-3,5-6,15H,4,7-12H2,1H3. The molecule has 1 aliphatic heterocycles. The van der Waals surface area contributed by atoms with Crippen LogP contribution in [0.5, 0.6) is 0 Å². The highest BCUT2D eigenvalue weighted by molar-refractivity contribution is 5.71. The number of anilines is 2. The van der Waals surface area contributed by atoms with Gasteiger partial charge in [-0.25, -0.2) is 0 Å². The van der Waals surface area contributed by atoms with Crippen molar-refractivity contribution in [2.45, 2.75) is 6.42 Å². The molecule has 0 bridgehead atoms. The fourth-order valence-electron chi connectivity index (χ4n) is 2.16. The van der Waals surface area contributed by atoms with E-state index < -0.39 is 0 Å². The van der Waals surface area contributed by atoms with E-state index in [0.717, 1.165) is 45.9 Å². The largest absolute Gasteiger partial charge is 0.385 e. The molecule has 0 radical (unpaired) electrons. The normalized spacial score (nSPS) is 14.2. The molecule has 18 heavy (non-hydrogen) atoms. The zero-order valence-electron chi connectivity index (χ0n) is 11.0. The SMILES string of the molecule is COCCCOCCN1CCNc2ccccc21. The monoisotopic (exact) mass is 250 g/mol. The van der Waals surface area contributed by atoms with Gasteiger partial charge in [-0.2, -0.15) is 0 Å². The molecule has 1 aliphatic rings. The fraction of sp³-hybridized carbons (Fsp3) is 0.571. The molecule has 1 aromatic rings. The quantitative estimate of drug-likeness (QED) is 0.750. The Balaban J connectivity index is 1.74. The average Bonchev–Trinajstić information content (AvgIpc) is 2.43. The van der Waals surface area contributed by atoms with Gasteiger partial charge in [-0.1, -0.05) is 12.1 Å². The number of para-hydroxylation sites is 2. The fourth-order valence-corrected chi connectivity index (χ4v) is 2.16. The van der Waals surface area contributed by atoms with Crippen LogP contribution in [0.1, 0.15) is 6.42 Å². The molecule has 0 aromatic heterocycles. The van der Waals surface area contributed by atoms with Crippen molar-refractivity contribution in [2.24, 2.45) is 0 Å². The smallest absolute Gasteiger partial charge is 0.0641 e. The topological polar surface area (TPSA) is 33.7 Å². The summed E-state index contributed by atoms with van der Waals surface area (Å²) in [4.78, 5) is 2.38. The van der Waals surface area contributed by atoms with Crippen LogP contribution in [0.25, 0.3) is 0 Å². The Morgan fingerprint density at radius 2 is 2.11 bits per heavy atom. The molecular formula is C14H22N2O2. The van der Waals surface area contributed by atoms with Crippen molar-refractivity contribution < 1.29 is 9.47 Å². The molecule has 1 N–H and O–H groups in total. The lowest BCUT2D eigenvalue weighted by Crippen LogP contribution is -2.36. The van der Waals surface area contributed by atoms with Gasteiger partial charge in [0.2, 0.25) is 0 Å². The van der Waals surface area contributed by atoms with Crippen molar-refractivity contribution in [1.29, 1.82) is 0 Å². The van der Waals surface area contributed by atoms with Crippen molar-refractivity contribution in [2.75, 3.05) is 56.8 Å². The maximum atomic E-state index is 5.61. The highest BCUT2D eigenvalue weighted by atomic mass is 16.5. The Morgan fingerprint density at radius 1 is 1.22 bits per heavy atom. The van der Waals surface area contributed by atoms with Crippen molar-refractivity contribution in [3.63, 3.8) is 0 Å². The predicted molar refractivity (Wildman–Crippen MR) is 74.5 cm³/mol. The molecule has 0 fully saturated rings.